The average Bonchev–Trinajstić information content (AvgIpc) is 2.38. The molecule has 5 heteroatoms. The summed E-state index contributed by atoms with van der Waals surface area (Å²) >= 11 is 5.78. The Morgan fingerprint density at radius 3 is 2.26 bits per heavy atom. The van der Waals surface area contributed by atoms with Crippen molar-refractivity contribution in [3.63, 3.8) is 0 Å². The van der Waals surface area contributed by atoms with E-state index in [1.807, 2.05) is 0 Å². The van der Waals surface area contributed by atoms with Crippen LogP contribution in [0, 0.1) is 5.41 Å². The molecule has 0 amide bonds. The van der Waals surface area contributed by atoms with Crippen LogP contribution in [-0.2, 0) is 20.7 Å². The van der Waals surface area contributed by atoms with Gasteiger partial charge in [0.2, 0.25) is 0 Å². The first-order chi connectivity index (χ1) is 8.96. The van der Waals surface area contributed by atoms with Gasteiger partial charge in [-0.3, -0.25) is 9.59 Å². The standard InChI is InChI=1S/C14H17ClO4/c1-3-14(12(16)17,13(18)19-4-2)9-10-5-7-11(15)8-6-10/h5-8H,3-4,9H2,1-2H3,(H,16,17). The fourth-order valence-corrected chi connectivity index (χ4v) is 2.00. The van der Waals surface area contributed by atoms with Crippen molar-refractivity contribution >= 4 is 23.5 Å². The van der Waals surface area contributed by atoms with Crippen LogP contribution in [0.25, 0.3) is 0 Å². The third-order valence-electron chi connectivity index (χ3n) is 3.10. The molecule has 0 aromatic heterocycles. The van der Waals surface area contributed by atoms with Gasteiger partial charge in [-0.25, -0.2) is 0 Å². The fourth-order valence-electron chi connectivity index (χ4n) is 1.88. The van der Waals surface area contributed by atoms with Crippen LogP contribution in [0.5, 0.6) is 0 Å². The van der Waals surface area contributed by atoms with Crippen LogP contribution in [0.15, 0.2) is 24.3 Å². The van der Waals surface area contributed by atoms with Gasteiger partial charge < -0.3 is 9.84 Å². The molecule has 0 saturated heterocycles. The molecular weight excluding hydrogens is 268 g/mol. The third kappa shape index (κ3) is 3.47. The maximum atomic E-state index is 12.0. The van der Waals surface area contributed by atoms with Gasteiger partial charge in [-0.1, -0.05) is 30.7 Å². The number of carboxylic acid groups (broad SMARTS) is 1. The van der Waals surface area contributed by atoms with Crippen LogP contribution in [0.4, 0.5) is 0 Å². The van der Waals surface area contributed by atoms with Gasteiger partial charge in [0.1, 0.15) is 0 Å². The average molecular weight is 285 g/mol. The van der Waals surface area contributed by atoms with Crippen molar-refractivity contribution in [2.24, 2.45) is 5.41 Å². The number of hydrogen-bond acceptors (Lipinski definition) is 3. The summed E-state index contributed by atoms with van der Waals surface area (Å²) in [5, 5.41) is 9.98. The summed E-state index contributed by atoms with van der Waals surface area (Å²) < 4.78 is 4.91. The first kappa shape index (κ1) is 15.5. The van der Waals surface area contributed by atoms with Crippen molar-refractivity contribution in [1.29, 1.82) is 0 Å². The molecule has 1 unspecified atom stereocenters. The quantitative estimate of drug-likeness (QED) is 0.644. The summed E-state index contributed by atoms with van der Waals surface area (Å²) in [6.45, 7) is 3.48. The number of carbonyl (C=O) groups is 2. The van der Waals surface area contributed by atoms with E-state index in [9.17, 15) is 14.7 Å². The molecule has 0 heterocycles. The molecule has 0 aliphatic rings. The number of aliphatic carboxylic acids is 1. The number of carbonyl (C=O) groups excluding carboxylic acids is 1. The SMILES string of the molecule is CCOC(=O)C(CC)(Cc1ccc(Cl)cc1)C(=O)O. The normalized spacial score (nSPS) is 13.6. The summed E-state index contributed by atoms with van der Waals surface area (Å²) in [4.78, 5) is 23.5. The van der Waals surface area contributed by atoms with Crippen molar-refractivity contribution < 1.29 is 19.4 Å². The zero-order valence-corrected chi connectivity index (χ0v) is 11.7. The first-order valence-electron chi connectivity index (χ1n) is 6.11. The van der Waals surface area contributed by atoms with Gasteiger partial charge in [-0.05, 0) is 37.5 Å². The second-order valence-corrected chi connectivity index (χ2v) is 4.70. The molecule has 0 spiro atoms. The third-order valence-corrected chi connectivity index (χ3v) is 3.35. The van der Waals surface area contributed by atoms with Crippen LogP contribution in [0.2, 0.25) is 5.02 Å². The maximum Gasteiger partial charge on any atom is 0.323 e. The van der Waals surface area contributed by atoms with Crippen LogP contribution < -0.4 is 0 Å². The van der Waals surface area contributed by atoms with Gasteiger partial charge in [0.25, 0.3) is 0 Å². The molecule has 1 aromatic rings. The fraction of sp³-hybridized carbons (Fsp3) is 0.429. The van der Waals surface area contributed by atoms with Crippen LogP contribution in [0.1, 0.15) is 25.8 Å². The Balaban J connectivity index is 3.06. The smallest absolute Gasteiger partial charge is 0.323 e. The lowest BCUT2D eigenvalue weighted by Gasteiger charge is -2.25. The van der Waals surface area contributed by atoms with Gasteiger partial charge in [-0.15, -0.1) is 0 Å². The number of carboxylic acids is 1. The minimum Gasteiger partial charge on any atom is -0.480 e. The Bertz CT molecular complexity index is 455. The summed E-state index contributed by atoms with van der Waals surface area (Å²) in [5.41, 5.74) is -0.800. The lowest BCUT2D eigenvalue weighted by Crippen LogP contribution is -2.42. The summed E-state index contributed by atoms with van der Waals surface area (Å²) in [6.07, 6.45) is 0.263. The maximum absolute atomic E-state index is 12.0. The number of benzene rings is 1. The van der Waals surface area contributed by atoms with Crippen LogP contribution >= 0.6 is 11.6 Å². The second-order valence-electron chi connectivity index (χ2n) is 4.26. The van der Waals surface area contributed by atoms with Crippen LogP contribution in [0.3, 0.4) is 0 Å². The Labute approximate surface area is 117 Å². The van der Waals surface area contributed by atoms with E-state index in [2.05, 4.69) is 0 Å². The number of ether oxygens (including phenoxy) is 1. The number of hydrogen-bond donors (Lipinski definition) is 1. The van der Waals surface area contributed by atoms with Gasteiger partial charge in [0, 0.05) is 5.02 Å². The number of halogens is 1. The predicted octanol–water partition coefficient (Wildman–Crippen LogP) is 2.93. The van der Waals surface area contributed by atoms with Crippen molar-refractivity contribution in [3.8, 4) is 0 Å². The highest BCUT2D eigenvalue weighted by Crippen LogP contribution is 2.30. The van der Waals surface area contributed by atoms with Crippen molar-refractivity contribution in [1.82, 2.24) is 0 Å². The van der Waals surface area contributed by atoms with E-state index in [1.165, 1.54) is 0 Å². The van der Waals surface area contributed by atoms with E-state index in [-0.39, 0.29) is 19.4 Å². The predicted molar refractivity (Wildman–Crippen MR) is 72.1 cm³/mol. The van der Waals surface area contributed by atoms with E-state index < -0.39 is 17.4 Å². The highest BCUT2D eigenvalue weighted by molar-refractivity contribution is 6.30. The Kier molecular flexibility index (Phi) is 5.36. The molecule has 0 radical (unpaired) electrons. The van der Waals surface area contributed by atoms with Crippen molar-refractivity contribution in [2.75, 3.05) is 6.61 Å². The molecule has 1 N–H and O–H groups in total. The van der Waals surface area contributed by atoms with Gasteiger partial charge >= 0.3 is 11.9 Å². The van der Waals surface area contributed by atoms with Crippen molar-refractivity contribution in [2.45, 2.75) is 26.7 Å². The molecule has 0 fully saturated rings. The van der Waals surface area contributed by atoms with Gasteiger partial charge in [0.05, 0.1) is 6.61 Å². The highest BCUT2D eigenvalue weighted by atomic mass is 35.5. The zero-order valence-electron chi connectivity index (χ0n) is 11.0. The molecule has 4 nitrogen and oxygen atoms in total. The molecule has 0 aliphatic carbocycles. The van der Waals surface area contributed by atoms with Gasteiger partial charge in [0.15, 0.2) is 5.41 Å². The topological polar surface area (TPSA) is 63.6 Å². The molecule has 1 aromatic carbocycles. The number of esters is 1. The van der Waals surface area contributed by atoms with E-state index in [4.69, 9.17) is 16.3 Å². The summed E-state index contributed by atoms with van der Waals surface area (Å²) in [5.74, 6) is -1.86. The molecule has 104 valence electrons. The lowest BCUT2D eigenvalue weighted by atomic mass is 9.79. The largest absolute Gasteiger partial charge is 0.480 e. The zero-order chi connectivity index (χ0) is 14.5. The minimum atomic E-state index is -1.54. The minimum absolute atomic E-state index is 0.0921. The molecule has 0 aliphatic heterocycles. The van der Waals surface area contributed by atoms with E-state index in [0.717, 1.165) is 5.56 Å². The van der Waals surface area contributed by atoms with E-state index >= 15 is 0 Å². The summed E-state index contributed by atoms with van der Waals surface area (Å²) in [7, 11) is 0. The molecule has 19 heavy (non-hydrogen) atoms. The lowest BCUT2D eigenvalue weighted by molar-refractivity contribution is -0.168. The Morgan fingerprint density at radius 2 is 1.84 bits per heavy atom. The Hall–Kier alpha value is -1.55. The second kappa shape index (κ2) is 6.57. The van der Waals surface area contributed by atoms with E-state index in [0.29, 0.717) is 5.02 Å². The van der Waals surface area contributed by atoms with Crippen LogP contribution in [-0.4, -0.2) is 23.7 Å². The van der Waals surface area contributed by atoms with Crippen molar-refractivity contribution in [3.05, 3.63) is 34.9 Å². The molecular formula is C14H17ClO4. The van der Waals surface area contributed by atoms with Gasteiger partial charge in [-0.2, -0.15) is 0 Å². The molecule has 1 atom stereocenters. The van der Waals surface area contributed by atoms with E-state index in [1.54, 1.807) is 38.1 Å². The highest BCUT2D eigenvalue weighted by Gasteiger charge is 2.46. The molecule has 0 saturated carbocycles. The monoisotopic (exact) mass is 284 g/mol. The Morgan fingerprint density at radius 1 is 1.26 bits per heavy atom. The summed E-state index contributed by atoms with van der Waals surface area (Å²) in [6, 6.07) is 6.78. The molecule has 0 bridgehead atoms. The molecule has 1 rings (SSSR count). The number of rotatable bonds is 6. The first-order valence-corrected chi connectivity index (χ1v) is 6.49.